The Morgan fingerprint density at radius 1 is 1.15 bits per heavy atom. The lowest BCUT2D eigenvalue weighted by molar-refractivity contribution is -0.127. The van der Waals surface area contributed by atoms with Crippen LogP contribution in [-0.4, -0.2) is 71.6 Å². The van der Waals surface area contributed by atoms with Crippen molar-refractivity contribution in [2.75, 3.05) is 39.8 Å². The van der Waals surface area contributed by atoms with Crippen LogP contribution in [0.25, 0.3) is 6.08 Å². The predicted octanol–water partition coefficient (Wildman–Crippen LogP) is 1.39. The monoisotopic (exact) mass is 374 g/mol. The van der Waals surface area contributed by atoms with Gasteiger partial charge in [0.05, 0.1) is 4.91 Å². The largest absolute Gasteiger partial charge is 0.304 e. The molecule has 3 rings (SSSR count). The molecule has 0 aromatic heterocycles. The van der Waals surface area contributed by atoms with Crippen LogP contribution in [0.1, 0.15) is 12.0 Å². The first-order valence-corrected chi connectivity index (χ1v) is 9.38. The average molecular weight is 374 g/mol. The normalized spacial score (nSPS) is 20.8. The molecular formula is C18H22N4O3S. The van der Waals surface area contributed by atoms with E-state index in [0.717, 1.165) is 48.4 Å². The topological polar surface area (TPSA) is 73.0 Å². The van der Waals surface area contributed by atoms with Crippen LogP contribution in [0, 0.1) is 0 Å². The van der Waals surface area contributed by atoms with Gasteiger partial charge in [-0.15, -0.1) is 0 Å². The van der Waals surface area contributed by atoms with Crippen molar-refractivity contribution in [3.05, 3.63) is 40.8 Å². The van der Waals surface area contributed by atoms with E-state index in [1.165, 1.54) is 0 Å². The van der Waals surface area contributed by atoms with Crippen molar-refractivity contribution in [2.45, 2.75) is 6.42 Å². The number of benzene rings is 1. The van der Waals surface area contributed by atoms with Gasteiger partial charge in [-0.25, -0.2) is 5.01 Å². The van der Waals surface area contributed by atoms with E-state index >= 15 is 0 Å². The van der Waals surface area contributed by atoms with Gasteiger partial charge in [-0.05, 0) is 30.4 Å². The smallest absolute Gasteiger partial charge is 0.293 e. The number of nitrogens with one attached hydrogen (secondary N) is 1. The molecule has 0 radical (unpaired) electrons. The van der Waals surface area contributed by atoms with Crippen molar-refractivity contribution in [1.82, 2.24) is 20.2 Å². The second kappa shape index (κ2) is 8.48. The summed E-state index contributed by atoms with van der Waals surface area (Å²) in [4.78, 5) is 40.4. The van der Waals surface area contributed by atoms with E-state index in [2.05, 4.69) is 10.3 Å². The van der Waals surface area contributed by atoms with Gasteiger partial charge in [0.1, 0.15) is 0 Å². The number of carbonyl (C=O) groups is 3. The highest BCUT2D eigenvalue weighted by atomic mass is 32.2. The summed E-state index contributed by atoms with van der Waals surface area (Å²) < 4.78 is 0. The Balaban J connectivity index is 1.52. The number of piperazine rings is 1. The summed E-state index contributed by atoms with van der Waals surface area (Å²) in [6, 6.07) is 9.38. The summed E-state index contributed by atoms with van der Waals surface area (Å²) in [6.07, 6.45) is 1.80. The van der Waals surface area contributed by atoms with Gasteiger partial charge in [-0.3, -0.25) is 24.7 Å². The molecule has 0 atom stereocenters. The summed E-state index contributed by atoms with van der Waals surface area (Å²) in [6.45, 7) is 3.42. The molecule has 2 saturated heterocycles. The van der Waals surface area contributed by atoms with Crippen molar-refractivity contribution in [1.29, 1.82) is 0 Å². The highest BCUT2D eigenvalue weighted by molar-refractivity contribution is 8.18. The molecule has 0 unspecified atom stereocenters. The van der Waals surface area contributed by atoms with E-state index in [0.29, 0.717) is 4.91 Å². The first-order valence-electron chi connectivity index (χ1n) is 8.56. The Morgan fingerprint density at radius 3 is 2.54 bits per heavy atom. The lowest BCUT2D eigenvalue weighted by atomic mass is 10.2. The number of rotatable bonds is 5. The second-order valence-electron chi connectivity index (χ2n) is 6.32. The molecule has 138 valence electrons. The second-order valence-corrected chi connectivity index (χ2v) is 7.31. The van der Waals surface area contributed by atoms with Crippen LogP contribution in [0.15, 0.2) is 35.2 Å². The molecule has 1 aromatic rings. The van der Waals surface area contributed by atoms with Gasteiger partial charge in [-0.2, -0.15) is 0 Å². The van der Waals surface area contributed by atoms with E-state index < -0.39 is 0 Å². The fourth-order valence-corrected chi connectivity index (χ4v) is 3.62. The molecular weight excluding hydrogens is 352 g/mol. The minimum Gasteiger partial charge on any atom is -0.304 e. The Labute approximate surface area is 157 Å². The SMILES string of the molecule is CN1CCN(NC(=O)CCN2C(=O)S/C(=C\c3ccccc3)C2=O)CC1. The van der Waals surface area contributed by atoms with Crippen LogP contribution in [0.5, 0.6) is 0 Å². The molecule has 2 heterocycles. The maximum atomic E-state index is 12.4. The summed E-state index contributed by atoms with van der Waals surface area (Å²) in [7, 11) is 2.04. The molecule has 0 aliphatic carbocycles. The quantitative estimate of drug-likeness (QED) is 0.786. The van der Waals surface area contributed by atoms with Gasteiger partial charge in [0.25, 0.3) is 11.1 Å². The van der Waals surface area contributed by atoms with Crippen LogP contribution in [-0.2, 0) is 9.59 Å². The molecule has 1 N–H and O–H groups in total. The van der Waals surface area contributed by atoms with Gasteiger partial charge < -0.3 is 4.90 Å². The third kappa shape index (κ3) is 4.72. The van der Waals surface area contributed by atoms with Crippen molar-refractivity contribution in [3.8, 4) is 0 Å². The average Bonchev–Trinajstić information content (AvgIpc) is 2.89. The van der Waals surface area contributed by atoms with Crippen LogP contribution in [0.2, 0.25) is 0 Å². The van der Waals surface area contributed by atoms with Crippen molar-refractivity contribution in [3.63, 3.8) is 0 Å². The first-order chi connectivity index (χ1) is 12.5. The third-order valence-corrected chi connectivity index (χ3v) is 5.23. The van der Waals surface area contributed by atoms with E-state index in [-0.39, 0.29) is 30.0 Å². The lowest BCUT2D eigenvalue weighted by Crippen LogP contribution is -2.52. The maximum absolute atomic E-state index is 12.4. The predicted molar refractivity (Wildman–Crippen MR) is 101 cm³/mol. The fourth-order valence-electron chi connectivity index (χ4n) is 2.76. The molecule has 8 heteroatoms. The Kier molecular flexibility index (Phi) is 6.08. The van der Waals surface area contributed by atoms with Crippen molar-refractivity contribution >= 4 is 34.9 Å². The molecule has 0 bridgehead atoms. The van der Waals surface area contributed by atoms with E-state index in [1.807, 2.05) is 42.4 Å². The molecule has 2 aliphatic rings. The fraction of sp³-hybridized carbons (Fsp3) is 0.389. The zero-order chi connectivity index (χ0) is 18.5. The number of thioether (sulfide) groups is 1. The van der Waals surface area contributed by atoms with Crippen molar-refractivity contribution in [2.24, 2.45) is 0 Å². The maximum Gasteiger partial charge on any atom is 0.293 e. The van der Waals surface area contributed by atoms with Crippen LogP contribution >= 0.6 is 11.8 Å². The number of hydrazine groups is 1. The van der Waals surface area contributed by atoms with Gasteiger partial charge in [0, 0.05) is 39.1 Å². The van der Waals surface area contributed by atoms with Gasteiger partial charge in [-0.1, -0.05) is 30.3 Å². The summed E-state index contributed by atoms with van der Waals surface area (Å²) in [5, 5.41) is 1.55. The van der Waals surface area contributed by atoms with E-state index in [4.69, 9.17) is 0 Å². The number of nitrogens with zero attached hydrogens (tertiary/aromatic N) is 3. The molecule has 0 saturated carbocycles. The Hall–Kier alpha value is -2.16. The Morgan fingerprint density at radius 2 is 1.85 bits per heavy atom. The minimum absolute atomic E-state index is 0.0936. The molecule has 2 aliphatic heterocycles. The standard InChI is InChI=1S/C18H22N4O3S/c1-20-9-11-21(12-10-20)19-16(23)7-8-22-17(24)15(26-18(22)25)13-14-5-3-2-4-6-14/h2-6,13H,7-12H2,1H3,(H,19,23)/b15-13-. The lowest BCUT2D eigenvalue weighted by Gasteiger charge is -2.32. The number of amides is 3. The number of hydrogen-bond donors (Lipinski definition) is 1. The van der Waals surface area contributed by atoms with Gasteiger partial charge in [0.15, 0.2) is 0 Å². The first kappa shape index (κ1) is 18.6. The van der Waals surface area contributed by atoms with Gasteiger partial charge in [0.2, 0.25) is 5.91 Å². The molecule has 2 fully saturated rings. The van der Waals surface area contributed by atoms with Crippen LogP contribution < -0.4 is 5.43 Å². The van der Waals surface area contributed by atoms with Crippen LogP contribution in [0.4, 0.5) is 4.79 Å². The highest BCUT2D eigenvalue weighted by Gasteiger charge is 2.35. The van der Waals surface area contributed by atoms with Gasteiger partial charge >= 0.3 is 0 Å². The highest BCUT2D eigenvalue weighted by Crippen LogP contribution is 2.32. The summed E-state index contributed by atoms with van der Waals surface area (Å²) >= 11 is 0.915. The minimum atomic E-state index is -0.337. The molecule has 7 nitrogen and oxygen atoms in total. The van der Waals surface area contributed by atoms with Crippen LogP contribution in [0.3, 0.4) is 0 Å². The van der Waals surface area contributed by atoms with Crippen molar-refractivity contribution < 1.29 is 14.4 Å². The molecule has 26 heavy (non-hydrogen) atoms. The zero-order valence-corrected chi connectivity index (χ0v) is 15.5. The molecule has 1 aromatic carbocycles. The number of imide groups is 1. The zero-order valence-electron chi connectivity index (χ0n) is 14.7. The van der Waals surface area contributed by atoms with E-state index in [1.54, 1.807) is 6.08 Å². The summed E-state index contributed by atoms with van der Waals surface area (Å²) in [5.41, 5.74) is 3.71. The number of carbonyl (C=O) groups excluding carboxylic acids is 3. The Bertz CT molecular complexity index is 714. The molecule has 3 amide bonds. The number of hydrogen-bond acceptors (Lipinski definition) is 6. The third-order valence-electron chi connectivity index (χ3n) is 4.32. The molecule has 0 spiro atoms. The van der Waals surface area contributed by atoms with E-state index in [9.17, 15) is 14.4 Å². The summed E-state index contributed by atoms with van der Waals surface area (Å²) in [5.74, 6) is -0.517. The number of likely N-dealkylation sites (N-methyl/N-ethyl adjacent to an activating group) is 1.